The predicted molar refractivity (Wildman–Crippen MR) is 130 cm³/mol. The highest BCUT2D eigenvalue weighted by atomic mass is 16.5. The second-order valence-electron chi connectivity index (χ2n) is 10.6. The molecule has 5 heteroatoms. The molecule has 0 radical (unpaired) electrons. The van der Waals surface area contributed by atoms with E-state index in [0.29, 0.717) is 24.4 Å². The summed E-state index contributed by atoms with van der Waals surface area (Å²) in [7, 11) is 0. The molecule has 5 rings (SSSR count). The van der Waals surface area contributed by atoms with Crippen LogP contribution in [-0.2, 0) is 9.53 Å². The average Bonchev–Trinajstić information content (AvgIpc) is 3.34. The quantitative estimate of drug-likeness (QED) is 0.577. The van der Waals surface area contributed by atoms with E-state index in [9.17, 15) is 4.79 Å². The van der Waals surface area contributed by atoms with E-state index in [1.807, 2.05) is 6.26 Å². The first kappa shape index (κ1) is 22.9. The minimum Gasteiger partial charge on any atom is -0.464 e. The number of piperidine rings is 1. The van der Waals surface area contributed by atoms with Crippen LogP contribution in [0.4, 0.5) is 0 Å². The van der Waals surface area contributed by atoms with Gasteiger partial charge in [-0.2, -0.15) is 0 Å². The van der Waals surface area contributed by atoms with Gasteiger partial charge in [0.25, 0.3) is 0 Å². The van der Waals surface area contributed by atoms with E-state index in [0.717, 1.165) is 50.6 Å². The summed E-state index contributed by atoms with van der Waals surface area (Å²) in [4.78, 5) is 15.2. The number of carbonyl (C=O) groups excluding carboxylic acids is 1. The number of fused-ring (bicyclic) bond motifs is 1. The molecular weight excluding hydrogens is 412 g/mol. The zero-order valence-electron chi connectivity index (χ0n) is 20.0. The van der Waals surface area contributed by atoms with Crippen LogP contribution in [0.1, 0.15) is 82.2 Å². The summed E-state index contributed by atoms with van der Waals surface area (Å²) in [5.74, 6) is 2.58. The maximum atomic E-state index is 12.5. The van der Waals surface area contributed by atoms with Gasteiger partial charge in [-0.25, -0.2) is 0 Å². The second kappa shape index (κ2) is 11.1. The Kier molecular flexibility index (Phi) is 7.67. The zero-order valence-corrected chi connectivity index (χ0v) is 20.0. The second-order valence-corrected chi connectivity index (χ2v) is 10.6. The first-order valence-electron chi connectivity index (χ1n) is 13.3. The van der Waals surface area contributed by atoms with E-state index in [1.165, 1.54) is 62.7 Å². The van der Waals surface area contributed by atoms with Crippen molar-refractivity contribution in [1.29, 1.82) is 0 Å². The Morgan fingerprint density at radius 2 is 1.82 bits per heavy atom. The van der Waals surface area contributed by atoms with Crippen LogP contribution in [0.2, 0.25) is 0 Å². The molecule has 0 bridgehead atoms. The Hall–Kier alpha value is -1.85. The number of amides is 1. The lowest BCUT2D eigenvalue weighted by molar-refractivity contribution is -0.123. The van der Waals surface area contributed by atoms with Crippen LogP contribution in [-0.4, -0.2) is 43.2 Å². The molecule has 3 heterocycles. The largest absolute Gasteiger partial charge is 0.464 e. The van der Waals surface area contributed by atoms with Gasteiger partial charge >= 0.3 is 0 Å². The minimum absolute atomic E-state index is 0.259. The van der Waals surface area contributed by atoms with Gasteiger partial charge in [-0.15, -0.1) is 0 Å². The number of likely N-dealkylation sites (tertiary alicyclic amines) is 1. The Balaban J connectivity index is 1.08. The van der Waals surface area contributed by atoms with Crippen molar-refractivity contribution in [3.63, 3.8) is 0 Å². The fraction of sp³-hybridized carbons (Fsp3) is 0.679. The van der Waals surface area contributed by atoms with E-state index < -0.39 is 0 Å². The van der Waals surface area contributed by atoms with Crippen molar-refractivity contribution >= 4 is 5.91 Å². The molecule has 2 aliphatic carbocycles. The molecule has 2 saturated heterocycles. The molecule has 0 spiro atoms. The van der Waals surface area contributed by atoms with Crippen LogP contribution in [0.3, 0.4) is 0 Å². The Bertz CT molecular complexity index is 850. The number of carbonyl (C=O) groups is 1. The topological polar surface area (TPSA) is 54.7 Å². The standard InChI is InChI=1S/C28H40N2O3/c31-28(20-22-12-17-32-18-13-22)29-23-9-7-21(8-10-23)11-16-30-15-2-1-5-26(30)24-14-19-33-27-6-3-4-25(24)27/h3-4,6,14,19,21-23,26H,1-2,5,7-13,15-18,20H2,(H,29,31)/t21-,23-,26?. The molecule has 3 aliphatic heterocycles. The zero-order chi connectivity index (χ0) is 22.5. The Morgan fingerprint density at radius 3 is 2.67 bits per heavy atom. The smallest absolute Gasteiger partial charge is 0.220 e. The Morgan fingerprint density at radius 1 is 0.970 bits per heavy atom. The number of ether oxygens (including phenoxy) is 1. The van der Waals surface area contributed by atoms with Crippen LogP contribution in [0.5, 0.6) is 0 Å². The molecule has 1 amide bonds. The molecule has 1 unspecified atom stereocenters. The lowest BCUT2D eigenvalue weighted by atomic mass is 9.83. The molecule has 33 heavy (non-hydrogen) atoms. The van der Waals surface area contributed by atoms with E-state index in [1.54, 1.807) is 0 Å². The maximum Gasteiger partial charge on any atom is 0.220 e. The SMILES string of the molecule is O=C(CC1CCOCC1)N[C@H]1CC[C@H](CCN2CCCCC2c2ccoc3cccc2-3)CC1. The average molecular weight is 453 g/mol. The predicted octanol–water partition coefficient (Wildman–Crippen LogP) is 5.79. The van der Waals surface area contributed by atoms with Crippen LogP contribution >= 0.6 is 0 Å². The van der Waals surface area contributed by atoms with Crippen molar-refractivity contribution < 1.29 is 13.9 Å². The fourth-order valence-electron chi connectivity index (χ4n) is 6.36. The van der Waals surface area contributed by atoms with Gasteiger partial charge in [0, 0.05) is 37.3 Å². The van der Waals surface area contributed by atoms with Gasteiger partial charge in [0.05, 0.1) is 6.26 Å². The number of rotatable bonds is 7. The summed E-state index contributed by atoms with van der Waals surface area (Å²) in [5, 5.41) is 3.34. The third kappa shape index (κ3) is 5.81. The highest BCUT2D eigenvalue weighted by Gasteiger charge is 2.29. The van der Waals surface area contributed by atoms with Gasteiger partial charge in [-0.1, -0.05) is 18.6 Å². The molecule has 0 aromatic heterocycles. The van der Waals surface area contributed by atoms with Crippen molar-refractivity contribution in [3.05, 3.63) is 36.1 Å². The lowest BCUT2D eigenvalue weighted by Gasteiger charge is -2.38. The summed E-state index contributed by atoms with van der Waals surface area (Å²) in [6.45, 7) is 4.02. The van der Waals surface area contributed by atoms with Crippen molar-refractivity contribution in [2.75, 3.05) is 26.3 Å². The lowest BCUT2D eigenvalue weighted by Crippen LogP contribution is -2.39. The molecule has 0 aromatic carbocycles. The van der Waals surface area contributed by atoms with Crippen molar-refractivity contribution in [2.24, 2.45) is 11.8 Å². The van der Waals surface area contributed by atoms with Gasteiger partial charge in [0.15, 0.2) is 0 Å². The van der Waals surface area contributed by atoms with E-state index in [-0.39, 0.29) is 5.91 Å². The summed E-state index contributed by atoms with van der Waals surface area (Å²) in [5.41, 5.74) is 2.73. The number of nitrogens with one attached hydrogen (secondary N) is 1. The molecule has 1 atom stereocenters. The summed E-state index contributed by atoms with van der Waals surface area (Å²) < 4.78 is 11.1. The minimum atomic E-state index is 0.259. The van der Waals surface area contributed by atoms with Crippen molar-refractivity contribution in [3.8, 4) is 11.3 Å². The van der Waals surface area contributed by atoms with Gasteiger partial charge in [-0.05, 0) is 100 Å². The number of hydrogen-bond donors (Lipinski definition) is 1. The molecule has 180 valence electrons. The van der Waals surface area contributed by atoms with E-state index >= 15 is 0 Å². The van der Waals surface area contributed by atoms with Gasteiger partial charge < -0.3 is 14.5 Å². The normalized spacial score (nSPS) is 27.6. The molecule has 5 aliphatic rings. The Labute approximate surface area is 198 Å². The van der Waals surface area contributed by atoms with E-state index in [2.05, 4.69) is 34.5 Å². The third-order valence-corrected chi connectivity index (χ3v) is 8.35. The van der Waals surface area contributed by atoms with Gasteiger partial charge in [0.2, 0.25) is 5.91 Å². The summed E-state index contributed by atoms with van der Waals surface area (Å²) in [6, 6.07) is 9.48. The van der Waals surface area contributed by atoms with Crippen molar-refractivity contribution in [2.45, 2.75) is 82.7 Å². The highest BCUT2D eigenvalue weighted by molar-refractivity contribution is 5.76. The number of nitrogens with zero attached hydrogens (tertiary/aromatic N) is 1. The van der Waals surface area contributed by atoms with E-state index in [4.69, 9.17) is 9.15 Å². The fourth-order valence-corrected chi connectivity index (χ4v) is 6.36. The molecule has 1 saturated carbocycles. The first-order chi connectivity index (χ1) is 16.3. The van der Waals surface area contributed by atoms with Crippen LogP contribution in [0.25, 0.3) is 11.3 Å². The highest BCUT2D eigenvalue weighted by Crippen LogP contribution is 2.39. The molecule has 3 fully saturated rings. The molecule has 5 nitrogen and oxygen atoms in total. The maximum absolute atomic E-state index is 12.5. The monoisotopic (exact) mass is 452 g/mol. The van der Waals surface area contributed by atoms with Gasteiger partial charge in [0.1, 0.15) is 5.76 Å². The summed E-state index contributed by atoms with van der Waals surface area (Å²) in [6.07, 6.45) is 14.5. The van der Waals surface area contributed by atoms with Crippen LogP contribution in [0, 0.1) is 11.8 Å². The van der Waals surface area contributed by atoms with Crippen LogP contribution < -0.4 is 5.32 Å². The molecule has 0 aromatic rings. The van der Waals surface area contributed by atoms with Gasteiger partial charge in [-0.3, -0.25) is 9.69 Å². The first-order valence-corrected chi connectivity index (χ1v) is 13.3. The summed E-state index contributed by atoms with van der Waals surface area (Å²) >= 11 is 0. The molecular formula is C28H40N2O3. The molecule has 1 N–H and O–H groups in total. The van der Waals surface area contributed by atoms with Crippen molar-refractivity contribution in [1.82, 2.24) is 10.2 Å². The van der Waals surface area contributed by atoms with Crippen LogP contribution in [0.15, 0.2) is 34.9 Å². The third-order valence-electron chi connectivity index (χ3n) is 8.35. The number of hydrogen-bond acceptors (Lipinski definition) is 4.